The first-order chi connectivity index (χ1) is 7.18. The van der Waals surface area contributed by atoms with Crippen LogP contribution in [-0.2, 0) is 4.79 Å². The number of carbonyl (C=O) groups is 2. The van der Waals surface area contributed by atoms with Gasteiger partial charge in [-0.15, -0.1) is 0 Å². The Morgan fingerprint density at radius 1 is 1.27 bits per heavy atom. The minimum Gasteiger partial charge on any atom is -0.351 e. The molecule has 2 N–H and O–H groups in total. The van der Waals surface area contributed by atoms with E-state index in [-0.39, 0.29) is 11.9 Å². The van der Waals surface area contributed by atoms with Gasteiger partial charge in [-0.2, -0.15) is 0 Å². The second-order valence-corrected chi connectivity index (χ2v) is 4.25. The van der Waals surface area contributed by atoms with E-state index < -0.39 is 0 Å². The van der Waals surface area contributed by atoms with Crippen molar-refractivity contribution in [3.8, 4) is 0 Å². The van der Waals surface area contributed by atoms with Gasteiger partial charge in [-0.25, -0.2) is 4.79 Å². The average Bonchev–Trinajstić information content (AvgIpc) is 2.65. The highest BCUT2D eigenvalue weighted by Crippen LogP contribution is 2.21. The lowest BCUT2D eigenvalue weighted by molar-refractivity contribution is -0.130. The normalized spacial score (nSPS) is 23.6. The van der Waals surface area contributed by atoms with Crippen molar-refractivity contribution in [2.45, 2.75) is 31.7 Å². The number of rotatable bonds is 1. The molecule has 2 aliphatic rings. The topological polar surface area (TPSA) is 66.6 Å². The van der Waals surface area contributed by atoms with Gasteiger partial charge in [-0.3, -0.25) is 4.79 Å². The number of hydrogen-bond acceptors (Lipinski definition) is 2. The summed E-state index contributed by atoms with van der Waals surface area (Å²) in [7, 11) is 0. The first-order valence-electron chi connectivity index (χ1n) is 5.52. The molecule has 2 rings (SSSR count). The molecular weight excluding hydrogens is 194 g/mol. The van der Waals surface area contributed by atoms with E-state index in [1.54, 1.807) is 4.90 Å². The monoisotopic (exact) mass is 211 g/mol. The van der Waals surface area contributed by atoms with Crippen LogP contribution < -0.4 is 5.73 Å². The van der Waals surface area contributed by atoms with E-state index in [1.807, 2.05) is 4.90 Å². The third-order valence-corrected chi connectivity index (χ3v) is 3.33. The number of piperidine rings is 1. The number of urea groups is 1. The molecule has 15 heavy (non-hydrogen) atoms. The Labute approximate surface area is 89.2 Å². The van der Waals surface area contributed by atoms with Crippen LogP contribution in [0.2, 0.25) is 0 Å². The third kappa shape index (κ3) is 2.06. The van der Waals surface area contributed by atoms with Crippen molar-refractivity contribution < 1.29 is 9.59 Å². The maximum absolute atomic E-state index is 11.5. The molecule has 3 amide bonds. The minimum absolute atomic E-state index is 0.271. The van der Waals surface area contributed by atoms with Crippen molar-refractivity contribution in [2.75, 3.05) is 19.6 Å². The highest BCUT2D eigenvalue weighted by Gasteiger charge is 2.31. The number of hydrogen-bond donors (Lipinski definition) is 1. The molecule has 0 spiro atoms. The van der Waals surface area contributed by atoms with E-state index in [4.69, 9.17) is 5.73 Å². The molecule has 0 saturated carbocycles. The van der Waals surface area contributed by atoms with Crippen LogP contribution in [0.3, 0.4) is 0 Å². The highest BCUT2D eigenvalue weighted by molar-refractivity contribution is 5.78. The fourth-order valence-corrected chi connectivity index (χ4v) is 2.45. The molecule has 0 radical (unpaired) electrons. The van der Waals surface area contributed by atoms with Crippen LogP contribution in [-0.4, -0.2) is 47.4 Å². The molecule has 2 heterocycles. The van der Waals surface area contributed by atoms with Gasteiger partial charge in [0, 0.05) is 32.1 Å². The summed E-state index contributed by atoms with van der Waals surface area (Å²) in [5, 5.41) is 0. The van der Waals surface area contributed by atoms with Gasteiger partial charge in [0.15, 0.2) is 0 Å². The number of nitrogens with two attached hydrogens (primary N) is 1. The first kappa shape index (κ1) is 10.3. The SMILES string of the molecule is NC(=O)N1CCC(N2CCCC2=O)CC1. The molecule has 0 aromatic rings. The van der Waals surface area contributed by atoms with Gasteiger partial charge in [0.1, 0.15) is 0 Å². The summed E-state index contributed by atoms with van der Waals surface area (Å²) in [5.41, 5.74) is 5.20. The molecule has 0 unspecified atom stereocenters. The van der Waals surface area contributed by atoms with Crippen LogP contribution in [0.5, 0.6) is 0 Å². The Morgan fingerprint density at radius 3 is 2.40 bits per heavy atom. The molecule has 2 fully saturated rings. The molecule has 5 heteroatoms. The molecule has 2 saturated heterocycles. The Morgan fingerprint density at radius 2 is 1.93 bits per heavy atom. The zero-order valence-electron chi connectivity index (χ0n) is 8.82. The average molecular weight is 211 g/mol. The Balaban J connectivity index is 1.87. The predicted octanol–water partition coefficient (Wildman–Crippen LogP) is 0.152. The number of amides is 3. The maximum atomic E-state index is 11.5. The van der Waals surface area contributed by atoms with E-state index in [9.17, 15) is 9.59 Å². The van der Waals surface area contributed by atoms with Gasteiger partial charge < -0.3 is 15.5 Å². The molecule has 0 aliphatic carbocycles. The number of primary amides is 1. The summed E-state index contributed by atoms with van der Waals surface area (Å²) in [6, 6.07) is -0.0169. The van der Waals surface area contributed by atoms with E-state index in [2.05, 4.69) is 0 Å². The number of nitrogens with zero attached hydrogens (tertiary/aromatic N) is 2. The van der Waals surface area contributed by atoms with Crippen molar-refractivity contribution in [3.63, 3.8) is 0 Å². The van der Waals surface area contributed by atoms with Crippen molar-refractivity contribution in [1.82, 2.24) is 9.80 Å². The van der Waals surface area contributed by atoms with E-state index in [1.165, 1.54) is 0 Å². The van der Waals surface area contributed by atoms with Gasteiger partial charge in [-0.05, 0) is 19.3 Å². The zero-order chi connectivity index (χ0) is 10.8. The standard InChI is InChI=1S/C10H17N3O2/c11-10(15)12-6-3-8(4-7-12)13-5-1-2-9(13)14/h8H,1-7H2,(H2,11,15). The Hall–Kier alpha value is -1.26. The van der Waals surface area contributed by atoms with Crippen LogP contribution in [0.25, 0.3) is 0 Å². The Bertz CT molecular complexity index is 272. The third-order valence-electron chi connectivity index (χ3n) is 3.33. The van der Waals surface area contributed by atoms with Crippen molar-refractivity contribution >= 4 is 11.9 Å². The molecule has 5 nitrogen and oxygen atoms in total. The molecule has 0 aromatic carbocycles. The van der Waals surface area contributed by atoms with Gasteiger partial charge in [0.25, 0.3) is 0 Å². The Kier molecular flexibility index (Phi) is 2.79. The lowest BCUT2D eigenvalue weighted by Crippen LogP contribution is -2.48. The molecule has 0 bridgehead atoms. The largest absolute Gasteiger partial charge is 0.351 e. The molecule has 0 aromatic heterocycles. The fourth-order valence-electron chi connectivity index (χ4n) is 2.45. The maximum Gasteiger partial charge on any atom is 0.314 e. The minimum atomic E-state index is -0.346. The van der Waals surface area contributed by atoms with Crippen LogP contribution in [0.4, 0.5) is 4.79 Å². The van der Waals surface area contributed by atoms with Crippen LogP contribution in [0, 0.1) is 0 Å². The van der Waals surface area contributed by atoms with Gasteiger partial charge in [0.2, 0.25) is 5.91 Å². The summed E-state index contributed by atoms with van der Waals surface area (Å²) in [6.07, 6.45) is 3.41. The second-order valence-electron chi connectivity index (χ2n) is 4.25. The van der Waals surface area contributed by atoms with Crippen molar-refractivity contribution in [2.24, 2.45) is 5.73 Å². The molecule has 0 atom stereocenters. The highest BCUT2D eigenvalue weighted by atomic mass is 16.2. The van der Waals surface area contributed by atoms with Crippen LogP contribution in [0.15, 0.2) is 0 Å². The summed E-state index contributed by atoms with van der Waals surface area (Å²) >= 11 is 0. The van der Waals surface area contributed by atoms with Crippen molar-refractivity contribution in [3.05, 3.63) is 0 Å². The van der Waals surface area contributed by atoms with Crippen LogP contribution >= 0.6 is 0 Å². The number of carbonyl (C=O) groups excluding carboxylic acids is 2. The summed E-state index contributed by atoms with van der Waals surface area (Å²) < 4.78 is 0. The van der Waals surface area contributed by atoms with Gasteiger partial charge >= 0.3 is 6.03 Å². The summed E-state index contributed by atoms with van der Waals surface area (Å²) in [5.74, 6) is 0.271. The van der Waals surface area contributed by atoms with E-state index in [0.717, 1.165) is 25.8 Å². The molecular formula is C10H17N3O2. The second kappa shape index (κ2) is 4.08. The van der Waals surface area contributed by atoms with Gasteiger partial charge in [-0.1, -0.05) is 0 Å². The summed E-state index contributed by atoms with van der Waals surface area (Å²) in [6.45, 7) is 2.26. The van der Waals surface area contributed by atoms with Crippen LogP contribution in [0.1, 0.15) is 25.7 Å². The zero-order valence-corrected chi connectivity index (χ0v) is 8.82. The smallest absolute Gasteiger partial charge is 0.314 e. The summed E-state index contributed by atoms with van der Waals surface area (Å²) in [4.78, 5) is 26.0. The quantitative estimate of drug-likeness (QED) is 0.671. The van der Waals surface area contributed by atoms with E-state index >= 15 is 0 Å². The fraction of sp³-hybridized carbons (Fsp3) is 0.800. The predicted molar refractivity (Wildman–Crippen MR) is 55.1 cm³/mol. The van der Waals surface area contributed by atoms with Gasteiger partial charge in [0.05, 0.1) is 0 Å². The lowest BCUT2D eigenvalue weighted by atomic mass is 10.0. The first-order valence-corrected chi connectivity index (χ1v) is 5.52. The number of likely N-dealkylation sites (tertiary alicyclic amines) is 2. The van der Waals surface area contributed by atoms with E-state index in [0.29, 0.717) is 25.6 Å². The molecule has 84 valence electrons. The lowest BCUT2D eigenvalue weighted by Gasteiger charge is -2.35. The molecule has 2 aliphatic heterocycles. The van der Waals surface area contributed by atoms with Crippen molar-refractivity contribution in [1.29, 1.82) is 0 Å².